The number of nitrogens with two attached hydrogens (primary N) is 1. The third kappa shape index (κ3) is 6.27. The summed E-state index contributed by atoms with van der Waals surface area (Å²) in [5, 5.41) is 8.11. The molecule has 9 nitrogen and oxygen atoms in total. The SMILES string of the molecule is Nc1cncc(C(=O)NC2(C(=O)NCc3ccc(Nc4ccc(Cl)cc4C(F)(F)F)cn3)CCOC2)c1. The normalized spacial score (nSPS) is 17.3. The summed E-state index contributed by atoms with van der Waals surface area (Å²) in [6, 6.07) is 7.96. The number of hydrogen-bond acceptors (Lipinski definition) is 7. The molecule has 1 fully saturated rings. The van der Waals surface area contributed by atoms with Gasteiger partial charge in [-0.2, -0.15) is 13.2 Å². The quantitative estimate of drug-likeness (QED) is 0.363. The molecule has 4 rings (SSSR count). The van der Waals surface area contributed by atoms with E-state index in [0.717, 1.165) is 6.07 Å². The average Bonchev–Trinajstić information content (AvgIpc) is 3.33. The molecular formula is C24H22ClF3N6O3. The van der Waals surface area contributed by atoms with Crippen molar-refractivity contribution in [3.63, 3.8) is 0 Å². The predicted molar refractivity (Wildman–Crippen MR) is 130 cm³/mol. The smallest absolute Gasteiger partial charge is 0.397 e. The molecule has 1 unspecified atom stereocenters. The maximum atomic E-state index is 13.3. The molecule has 1 aliphatic rings. The van der Waals surface area contributed by atoms with Gasteiger partial charge in [-0.1, -0.05) is 11.6 Å². The highest BCUT2D eigenvalue weighted by Crippen LogP contribution is 2.37. The van der Waals surface area contributed by atoms with Crippen LogP contribution in [0.1, 0.15) is 28.0 Å². The molecule has 2 aromatic heterocycles. The van der Waals surface area contributed by atoms with Crippen molar-refractivity contribution in [2.45, 2.75) is 24.7 Å². The molecule has 1 saturated heterocycles. The van der Waals surface area contributed by atoms with E-state index in [4.69, 9.17) is 22.1 Å². The number of amides is 2. The van der Waals surface area contributed by atoms with Crippen LogP contribution in [0.15, 0.2) is 55.0 Å². The van der Waals surface area contributed by atoms with Crippen LogP contribution in [0.4, 0.5) is 30.2 Å². The third-order valence-electron chi connectivity index (χ3n) is 5.65. The number of carbonyl (C=O) groups excluding carboxylic acids is 2. The molecule has 0 spiro atoms. The molecule has 0 bridgehead atoms. The Morgan fingerprint density at radius 2 is 1.95 bits per heavy atom. The van der Waals surface area contributed by atoms with Crippen LogP contribution in [0.3, 0.4) is 0 Å². The predicted octanol–water partition coefficient (Wildman–Crippen LogP) is 3.68. The maximum Gasteiger partial charge on any atom is 0.418 e. The molecule has 3 aromatic rings. The van der Waals surface area contributed by atoms with E-state index in [1.165, 1.54) is 42.9 Å². The first-order chi connectivity index (χ1) is 17.6. The summed E-state index contributed by atoms with van der Waals surface area (Å²) >= 11 is 5.72. The topological polar surface area (TPSA) is 131 Å². The minimum Gasteiger partial charge on any atom is -0.397 e. The number of carbonyl (C=O) groups is 2. The molecule has 37 heavy (non-hydrogen) atoms. The molecule has 5 N–H and O–H groups in total. The van der Waals surface area contributed by atoms with Crippen molar-refractivity contribution in [3.8, 4) is 0 Å². The highest BCUT2D eigenvalue weighted by Gasteiger charge is 2.43. The number of alkyl halides is 3. The molecule has 13 heteroatoms. The summed E-state index contributed by atoms with van der Waals surface area (Å²) in [4.78, 5) is 33.8. The van der Waals surface area contributed by atoms with Crippen LogP contribution in [0, 0.1) is 0 Å². The number of anilines is 3. The van der Waals surface area contributed by atoms with Gasteiger partial charge in [0, 0.05) is 30.4 Å². The second-order valence-electron chi connectivity index (χ2n) is 8.38. The van der Waals surface area contributed by atoms with E-state index in [0.29, 0.717) is 17.1 Å². The Hall–Kier alpha value is -3.90. The molecular weight excluding hydrogens is 513 g/mol. The van der Waals surface area contributed by atoms with Gasteiger partial charge >= 0.3 is 6.18 Å². The average molecular weight is 535 g/mol. The van der Waals surface area contributed by atoms with Gasteiger partial charge in [0.2, 0.25) is 5.91 Å². The van der Waals surface area contributed by atoms with Crippen molar-refractivity contribution in [2.75, 3.05) is 24.3 Å². The van der Waals surface area contributed by atoms with Gasteiger partial charge in [-0.15, -0.1) is 0 Å². The van der Waals surface area contributed by atoms with Crippen LogP contribution in [-0.2, 0) is 22.3 Å². The minimum atomic E-state index is -4.59. The Morgan fingerprint density at radius 1 is 1.14 bits per heavy atom. The van der Waals surface area contributed by atoms with Crippen LogP contribution in [-0.4, -0.2) is 40.5 Å². The van der Waals surface area contributed by atoms with Crippen molar-refractivity contribution in [2.24, 2.45) is 0 Å². The molecule has 194 valence electrons. The zero-order valence-corrected chi connectivity index (χ0v) is 20.0. The van der Waals surface area contributed by atoms with Crippen LogP contribution >= 0.6 is 11.6 Å². The fourth-order valence-corrected chi connectivity index (χ4v) is 3.90. The number of aromatic nitrogens is 2. The first-order valence-electron chi connectivity index (χ1n) is 11.0. The summed E-state index contributed by atoms with van der Waals surface area (Å²) in [6.07, 6.45) is -0.243. The maximum absolute atomic E-state index is 13.3. The number of halogens is 4. The number of nitrogen functional groups attached to an aromatic ring is 1. The van der Waals surface area contributed by atoms with E-state index in [9.17, 15) is 22.8 Å². The third-order valence-corrected chi connectivity index (χ3v) is 5.89. The van der Waals surface area contributed by atoms with Crippen molar-refractivity contribution in [3.05, 3.63) is 76.8 Å². The van der Waals surface area contributed by atoms with Gasteiger partial charge in [-0.3, -0.25) is 19.6 Å². The summed E-state index contributed by atoms with van der Waals surface area (Å²) in [7, 11) is 0. The fourth-order valence-electron chi connectivity index (χ4n) is 3.73. The summed E-state index contributed by atoms with van der Waals surface area (Å²) in [5.41, 5.74) is 4.60. The lowest BCUT2D eigenvalue weighted by Crippen LogP contribution is -2.59. The molecule has 0 aliphatic carbocycles. The largest absolute Gasteiger partial charge is 0.418 e. The van der Waals surface area contributed by atoms with Gasteiger partial charge in [0.1, 0.15) is 5.54 Å². The van der Waals surface area contributed by atoms with Gasteiger partial charge in [0.15, 0.2) is 0 Å². The molecule has 1 aliphatic heterocycles. The highest BCUT2D eigenvalue weighted by atomic mass is 35.5. The Morgan fingerprint density at radius 3 is 2.59 bits per heavy atom. The van der Waals surface area contributed by atoms with E-state index in [-0.39, 0.29) is 42.5 Å². The van der Waals surface area contributed by atoms with Gasteiger partial charge in [-0.05, 0) is 36.4 Å². The first-order valence-corrected chi connectivity index (χ1v) is 11.4. The monoisotopic (exact) mass is 534 g/mol. The van der Waals surface area contributed by atoms with E-state index < -0.39 is 29.1 Å². The second-order valence-corrected chi connectivity index (χ2v) is 8.82. The molecule has 1 atom stereocenters. The first kappa shape index (κ1) is 26.2. The number of nitrogens with one attached hydrogen (secondary N) is 3. The van der Waals surface area contributed by atoms with E-state index in [1.54, 1.807) is 6.07 Å². The summed E-state index contributed by atoms with van der Waals surface area (Å²) in [6.45, 7) is 0.288. The standard InChI is InChI=1S/C24H22ClF3N6O3/c25-15-1-4-20(19(8-15)24(26,27)28)33-18-3-2-17(31-12-18)11-32-22(36)23(5-6-37-13-23)34-21(35)14-7-16(29)10-30-9-14/h1-4,7-10,12,33H,5-6,11,13,29H2,(H,32,36)(H,34,35). The summed E-state index contributed by atoms with van der Waals surface area (Å²) in [5.74, 6) is -0.982. The number of hydrogen-bond donors (Lipinski definition) is 4. The molecule has 0 saturated carbocycles. The Bertz CT molecular complexity index is 1300. The van der Waals surface area contributed by atoms with Gasteiger partial charge in [0.05, 0.1) is 53.2 Å². The van der Waals surface area contributed by atoms with Crippen molar-refractivity contribution < 1.29 is 27.5 Å². The number of rotatable bonds is 7. The van der Waals surface area contributed by atoms with E-state index in [2.05, 4.69) is 25.9 Å². The van der Waals surface area contributed by atoms with Crippen molar-refractivity contribution in [1.29, 1.82) is 0 Å². The van der Waals surface area contributed by atoms with Crippen LogP contribution in [0.5, 0.6) is 0 Å². The Balaban J connectivity index is 1.40. The van der Waals surface area contributed by atoms with Crippen LogP contribution in [0.2, 0.25) is 5.02 Å². The van der Waals surface area contributed by atoms with Gasteiger partial charge < -0.3 is 26.4 Å². The molecule has 0 radical (unpaired) electrons. The number of benzene rings is 1. The summed E-state index contributed by atoms with van der Waals surface area (Å²) < 4.78 is 45.4. The van der Waals surface area contributed by atoms with E-state index in [1.807, 2.05) is 0 Å². The minimum absolute atomic E-state index is 0.0146. The lowest BCUT2D eigenvalue weighted by Gasteiger charge is -2.27. The van der Waals surface area contributed by atoms with Gasteiger partial charge in [0.25, 0.3) is 5.91 Å². The van der Waals surface area contributed by atoms with E-state index >= 15 is 0 Å². The van der Waals surface area contributed by atoms with Crippen LogP contribution in [0.25, 0.3) is 0 Å². The van der Waals surface area contributed by atoms with Crippen molar-refractivity contribution in [1.82, 2.24) is 20.6 Å². The lowest BCUT2D eigenvalue weighted by molar-refractivity contribution is -0.137. The fraction of sp³-hybridized carbons (Fsp3) is 0.250. The lowest BCUT2D eigenvalue weighted by atomic mass is 9.96. The molecule has 3 heterocycles. The molecule has 1 aromatic carbocycles. The highest BCUT2D eigenvalue weighted by molar-refractivity contribution is 6.30. The second kappa shape index (κ2) is 10.6. The Kier molecular flexibility index (Phi) is 7.50. The Labute approximate surface area is 214 Å². The zero-order chi connectivity index (χ0) is 26.6. The van der Waals surface area contributed by atoms with Gasteiger partial charge in [-0.25, -0.2) is 0 Å². The number of ether oxygens (including phenoxy) is 1. The van der Waals surface area contributed by atoms with Crippen LogP contribution < -0.4 is 21.7 Å². The van der Waals surface area contributed by atoms with Crippen molar-refractivity contribution >= 4 is 40.5 Å². The number of nitrogens with zero attached hydrogens (tertiary/aromatic N) is 2. The number of pyridine rings is 2. The zero-order valence-electron chi connectivity index (χ0n) is 19.2. The molecule has 2 amide bonds.